The van der Waals surface area contributed by atoms with Gasteiger partial charge < -0.3 is 15.4 Å². The standard InChI is InChI=1S/C13H13N3O2S/c1-7-13(17)16(2)9-5-8(3-4-10(9)18-7)11-12(14)19-6-15-11/h3-7H,14H2,1-2H3. The zero-order valence-corrected chi connectivity index (χ0v) is 11.4. The van der Waals surface area contributed by atoms with Crippen LogP contribution in [-0.4, -0.2) is 24.0 Å². The smallest absolute Gasteiger partial charge is 0.267 e. The number of benzene rings is 1. The highest BCUT2D eigenvalue weighted by Gasteiger charge is 2.29. The van der Waals surface area contributed by atoms with Crippen molar-refractivity contribution < 1.29 is 9.53 Å². The molecule has 1 aromatic heterocycles. The molecule has 0 saturated carbocycles. The first-order valence-electron chi connectivity index (χ1n) is 5.85. The molecule has 1 atom stereocenters. The van der Waals surface area contributed by atoms with Gasteiger partial charge in [0.25, 0.3) is 5.91 Å². The molecule has 1 aromatic carbocycles. The number of nitrogens with zero attached hydrogens (tertiary/aromatic N) is 2. The zero-order chi connectivity index (χ0) is 13.6. The molecule has 0 aliphatic carbocycles. The van der Waals surface area contributed by atoms with Crippen molar-refractivity contribution in [3.05, 3.63) is 23.7 Å². The van der Waals surface area contributed by atoms with Crippen molar-refractivity contribution in [1.82, 2.24) is 4.98 Å². The summed E-state index contributed by atoms with van der Waals surface area (Å²) in [5.41, 5.74) is 9.95. The first-order valence-corrected chi connectivity index (χ1v) is 6.73. The van der Waals surface area contributed by atoms with Gasteiger partial charge in [0.15, 0.2) is 6.10 Å². The molecule has 6 heteroatoms. The number of amides is 1. The molecule has 3 rings (SSSR count). The van der Waals surface area contributed by atoms with Gasteiger partial charge >= 0.3 is 0 Å². The number of carbonyl (C=O) groups is 1. The molecule has 0 radical (unpaired) electrons. The molecular weight excluding hydrogens is 262 g/mol. The number of carbonyl (C=O) groups excluding carboxylic acids is 1. The van der Waals surface area contributed by atoms with Gasteiger partial charge in [0.2, 0.25) is 0 Å². The maximum Gasteiger partial charge on any atom is 0.267 e. The molecule has 2 heterocycles. The number of hydrogen-bond acceptors (Lipinski definition) is 5. The molecule has 1 unspecified atom stereocenters. The Balaban J connectivity index is 2.10. The third kappa shape index (κ3) is 1.84. The highest BCUT2D eigenvalue weighted by atomic mass is 32.1. The van der Waals surface area contributed by atoms with Gasteiger partial charge in [-0.05, 0) is 25.1 Å². The SMILES string of the molecule is CC1Oc2ccc(-c3ncsc3N)cc2N(C)C1=O. The van der Waals surface area contributed by atoms with Crippen molar-refractivity contribution in [2.24, 2.45) is 0 Å². The van der Waals surface area contributed by atoms with Gasteiger partial charge in [-0.3, -0.25) is 4.79 Å². The van der Waals surface area contributed by atoms with E-state index in [1.165, 1.54) is 11.3 Å². The third-order valence-electron chi connectivity index (χ3n) is 3.17. The van der Waals surface area contributed by atoms with Crippen molar-refractivity contribution in [3.63, 3.8) is 0 Å². The lowest BCUT2D eigenvalue weighted by Crippen LogP contribution is -2.41. The first-order chi connectivity index (χ1) is 9.08. The van der Waals surface area contributed by atoms with Crippen molar-refractivity contribution in [2.75, 3.05) is 17.7 Å². The average Bonchev–Trinajstić information content (AvgIpc) is 2.82. The van der Waals surface area contributed by atoms with E-state index in [-0.39, 0.29) is 5.91 Å². The van der Waals surface area contributed by atoms with Crippen LogP contribution < -0.4 is 15.4 Å². The number of likely N-dealkylation sites (N-methyl/N-ethyl adjacent to an activating group) is 1. The van der Waals surface area contributed by atoms with Crippen LogP contribution in [0.1, 0.15) is 6.92 Å². The summed E-state index contributed by atoms with van der Waals surface area (Å²) in [6.45, 7) is 1.74. The van der Waals surface area contributed by atoms with Gasteiger partial charge in [-0.2, -0.15) is 0 Å². The third-order valence-corrected chi connectivity index (χ3v) is 3.83. The van der Waals surface area contributed by atoms with E-state index in [1.807, 2.05) is 18.2 Å². The van der Waals surface area contributed by atoms with Crippen LogP contribution >= 0.6 is 11.3 Å². The largest absolute Gasteiger partial charge is 0.479 e. The van der Waals surface area contributed by atoms with E-state index in [2.05, 4.69) is 4.98 Å². The highest BCUT2D eigenvalue weighted by molar-refractivity contribution is 7.14. The van der Waals surface area contributed by atoms with E-state index in [0.29, 0.717) is 10.8 Å². The molecule has 98 valence electrons. The molecule has 0 bridgehead atoms. The van der Waals surface area contributed by atoms with Crippen LogP contribution in [0.2, 0.25) is 0 Å². The van der Waals surface area contributed by atoms with Gasteiger partial charge in [0.1, 0.15) is 16.4 Å². The van der Waals surface area contributed by atoms with Crippen molar-refractivity contribution >= 4 is 27.9 Å². The second-order valence-corrected chi connectivity index (χ2v) is 5.29. The monoisotopic (exact) mass is 275 g/mol. The fourth-order valence-electron chi connectivity index (χ4n) is 2.13. The Morgan fingerprint density at radius 2 is 2.26 bits per heavy atom. The van der Waals surface area contributed by atoms with E-state index in [1.54, 1.807) is 24.4 Å². The summed E-state index contributed by atoms with van der Waals surface area (Å²) in [6, 6.07) is 5.63. The van der Waals surface area contributed by atoms with E-state index in [0.717, 1.165) is 16.9 Å². The van der Waals surface area contributed by atoms with E-state index in [4.69, 9.17) is 10.5 Å². The van der Waals surface area contributed by atoms with Crippen molar-refractivity contribution in [3.8, 4) is 17.0 Å². The molecular formula is C13H13N3O2S. The van der Waals surface area contributed by atoms with Crippen LogP contribution in [-0.2, 0) is 4.79 Å². The molecule has 2 N–H and O–H groups in total. The Morgan fingerprint density at radius 1 is 1.47 bits per heavy atom. The van der Waals surface area contributed by atoms with Crippen LogP contribution in [0, 0.1) is 0 Å². The highest BCUT2D eigenvalue weighted by Crippen LogP contribution is 2.38. The van der Waals surface area contributed by atoms with E-state index >= 15 is 0 Å². The Bertz CT molecular complexity index is 653. The lowest BCUT2D eigenvalue weighted by Gasteiger charge is -2.30. The molecule has 0 fully saturated rings. The van der Waals surface area contributed by atoms with Gasteiger partial charge in [-0.25, -0.2) is 4.98 Å². The van der Waals surface area contributed by atoms with Gasteiger partial charge in [-0.1, -0.05) is 0 Å². The number of aromatic nitrogens is 1. The van der Waals surface area contributed by atoms with Gasteiger partial charge in [0.05, 0.1) is 11.2 Å². The number of ether oxygens (including phenoxy) is 1. The summed E-state index contributed by atoms with van der Waals surface area (Å²) < 4.78 is 5.58. The summed E-state index contributed by atoms with van der Waals surface area (Å²) in [5, 5.41) is 0.666. The number of nitrogens with two attached hydrogens (primary N) is 1. The fourth-order valence-corrected chi connectivity index (χ4v) is 2.68. The Kier molecular flexibility index (Phi) is 2.67. The predicted octanol–water partition coefficient (Wildman–Crippen LogP) is 2.14. The fraction of sp³-hybridized carbons (Fsp3) is 0.231. The Hall–Kier alpha value is -2.08. The molecule has 19 heavy (non-hydrogen) atoms. The van der Waals surface area contributed by atoms with Gasteiger partial charge in [0, 0.05) is 12.6 Å². The summed E-state index contributed by atoms with van der Waals surface area (Å²) in [4.78, 5) is 17.8. The zero-order valence-electron chi connectivity index (χ0n) is 10.6. The maximum atomic E-state index is 11.9. The molecule has 1 aliphatic rings. The van der Waals surface area contributed by atoms with Crippen LogP contribution in [0.15, 0.2) is 23.7 Å². The quantitative estimate of drug-likeness (QED) is 0.865. The summed E-state index contributed by atoms with van der Waals surface area (Å²) in [5.74, 6) is 0.642. The number of nitrogen functional groups attached to an aromatic ring is 1. The van der Waals surface area contributed by atoms with E-state index in [9.17, 15) is 4.79 Å². The number of fused-ring (bicyclic) bond motifs is 1. The lowest BCUT2D eigenvalue weighted by molar-refractivity contribution is -0.125. The van der Waals surface area contributed by atoms with Crippen LogP contribution in [0.4, 0.5) is 10.7 Å². The number of anilines is 2. The van der Waals surface area contributed by atoms with E-state index < -0.39 is 6.10 Å². The predicted molar refractivity (Wildman–Crippen MR) is 75.5 cm³/mol. The molecule has 1 aliphatic heterocycles. The minimum absolute atomic E-state index is 0.0594. The maximum absolute atomic E-state index is 11.9. The molecule has 1 amide bonds. The van der Waals surface area contributed by atoms with Crippen molar-refractivity contribution in [2.45, 2.75) is 13.0 Å². The molecule has 5 nitrogen and oxygen atoms in total. The Morgan fingerprint density at radius 3 is 2.95 bits per heavy atom. The Labute approximate surface area is 114 Å². The first kappa shape index (κ1) is 12.0. The number of hydrogen-bond donors (Lipinski definition) is 1. The topological polar surface area (TPSA) is 68.5 Å². The van der Waals surface area contributed by atoms with Crippen molar-refractivity contribution in [1.29, 1.82) is 0 Å². The van der Waals surface area contributed by atoms with Crippen LogP contribution in [0.5, 0.6) is 5.75 Å². The minimum atomic E-state index is -0.451. The molecule has 0 saturated heterocycles. The van der Waals surface area contributed by atoms with Crippen LogP contribution in [0.25, 0.3) is 11.3 Å². The number of thiazole rings is 1. The average molecular weight is 275 g/mol. The summed E-state index contributed by atoms with van der Waals surface area (Å²) in [7, 11) is 1.74. The van der Waals surface area contributed by atoms with Gasteiger partial charge in [-0.15, -0.1) is 11.3 Å². The summed E-state index contributed by atoms with van der Waals surface area (Å²) >= 11 is 1.39. The normalized spacial score (nSPS) is 18.1. The lowest BCUT2D eigenvalue weighted by atomic mass is 10.1. The summed E-state index contributed by atoms with van der Waals surface area (Å²) in [6.07, 6.45) is -0.451. The second-order valence-electron chi connectivity index (χ2n) is 4.41. The number of rotatable bonds is 1. The molecule has 2 aromatic rings. The molecule has 0 spiro atoms. The van der Waals surface area contributed by atoms with Crippen LogP contribution in [0.3, 0.4) is 0 Å². The minimum Gasteiger partial charge on any atom is -0.479 e. The second kappa shape index (κ2) is 4.24.